The normalized spacial score (nSPS) is 12.6. The molecule has 0 saturated heterocycles. The van der Waals surface area contributed by atoms with E-state index < -0.39 is 10.0 Å². The Morgan fingerprint density at radius 1 is 1.20 bits per heavy atom. The highest BCUT2D eigenvalue weighted by Gasteiger charge is 2.16. The van der Waals surface area contributed by atoms with Crippen LogP contribution in [0.15, 0.2) is 28.0 Å². The van der Waals surface area contributed by atoms with Gasteiger partial charge >= 0.3 is 0 Å². The zero-order chi connectivity index (χ0) is 15.3. The Kier molecular flexibility index (Phi) is 5.91. The van der Waals surface area contributed by atoms with Crippen molar-refractivity contribution in [3.05, 3.63) is 28.7 Å². The first kappa shape index (κ1) is 16.9. The van der Waals surface area contributed by atoms with E-state index in [2.05, 4.69) is 42.3 Å². The van der Waals surface area contributed by atoms with Crippen molar-refractivity contribution in [1.82, 2.24) is 14.6 Å². The van der Waals surface area contributed by atoms with Crippen molar-refractivity contribution in [3.63, 3.8) is 0 Å². The number of sulfonamides is 1. The number of aromatic amines is 1. The molecule has 0 spiro atoms. The van der Waals surface area contributed by atoms with Gasteiger partial charge in [0.25, 0.3) is 0 Å². The van der Waals surface area contributed by atoms with Crippen LogP contribution in [0.5, 0.6) is 0 Å². The first-order valence-corrected chi connectivity index (χ1v) is 8.16. The lowest BCUT2D eigenvalue weighted by Gasteiger charge is -2.30. The molecule has 0 aliphatic carbocycles. The van der Waals surface area contributed by atoms with E-state index >= 15 is 0 Å². The third-order valence-corrected chi connectivity index (χ3v) is 4.51. The molecule has 0 aliphatic heterocycles. The summed E-state index contributed by atoms with van der Waals surface area (Å²) in [6, 6.07) is 3.20. The number of nitrogens with zero attached hydrogens (tertiary/aromatic N) is 1. The van der Waals surface area contributed by atoms with Gasteiger partial charge in [0.2, 0.25) is 15.6 Å². The van der Waals surface area contributed by atoms with Gasteiger partial charge in [0.05, 0.1) is 4.90 Å². The number of rotatable bonds is 7. The highest BCUT2D eigenvalue weighted by Crippen LogP contribution is 2.06. The van der Waals surface area contributed by atoms with Crippen LogP contribution in [-0.2, 0) is 10.0 Å². The molecule has 0 atom stereocenters. The number of nitrogens with one attached hydrogen (secondary N) is 2. The van der Waals surface area contributed by atoms with E-state index in [1.54, 1.807) is 0 Å². The second-order valence-electron chi connectivity index (χ2n) is 5.21. The van der Waals surface area contributed by atoms with Gasteiger partial charge in [0, 0.05) is 37.4 Å². The van der Waals surface area contributed by atoms with Crippen molar-refractivity contribution in [3.8, 4) is 0 Å². The summed E-state index contributed by atoms with van der Waals surface area (Å²) in [7, 11) is -3.57. The van der Waals surface area contributed by atoms with E-state index in [0.29, 0.717) is 25.2 Å². The van der Waals surface area contributed by atoms with Gasteiger partial charge in [-0.15, -0.1) is 0 Å². The van der Waals surface area contributed by atoms with E-state index in [1.807, 2.05) is 0 Å². The lowest BCUT2D eigenvalue weighted by molar-refractivity contribution is 0.179. The molecule has 114 valence electrons. The maximum atomic E-state index is 12.0. The van der Waals surface area contributed by atoms with E-state index in [1.165, 1.54) is 18.3 Å². The average Bonchev–Trinajstić information content (AvgIpc) is 2.34. The third kappa shape index (κ3) is 4.73. The molecule has 2 N–H and O–H groups in total. The van der Waals surface area contributed by atoms with Gasteiger partial charge in [-0.2, -0.15) is 0 Å². The quantitative estimate of drug-likeness (QED) is 0.779. The fourth-order valence-electron chi connectivity index (χ4n) is 2.07. The first-order valence-electron chi connectivity index (χ1n) is 6.68. The molecule has 6 nitrogen and oxygen atoms in total. The van der Waals surface area contributed by atoms with Crippen molar-refractivity contribution in [2.24, 2.45) is 0 Å². The molecule has 0 unspecified atom stereocenters. The molecule has 0 fully saturated rings. The SMILES string of the molecule is CC(C)N(CCNS(=O)(=O)c1ccc(=O)[nH]c1)C(C)C. The lowest BCUT2D eigenvalue weighted by atomic mass is 10.2. The smallest absolute Gasteiger partial charge is 0.247 e. The number of aromatic nitrogens is 1. The highest BCUT2D eigenvalue weighted by molar-refractivity contribution is 7.89. The summed E-state index contributed by atoms with van der Waals surface area (Å²) in [4.78, 5) is 15.6. The van der Waals surface area contributed by atoms with Crippen LogP contribution in [0.3, 0.4) is 0 Å². The summed E-state index contributed by atoms with van der Waals surface area (Å²) in [5.74, 6) is 0. The summed E-state index contributed by atoms with van der Waals surface area (Å²) in [5, 5.41) is 0. The monoisotopic (exact) mass is 301 g/mol. The van der Waals surface area contributed by atoms with Crippen LogP contribution in [0.1, 0.15) is 27.7 Å². The van der Waals surface area contributed by atoms with Gasteiger partial charge in [-0.05, 0) is 33.8 Å². The highest BCUT2D eigenvalue weighted by atomic mass is 32.2. The molecule has 7 heteroatoms. The van der Waals surface area contributed by atoms with Crippen molar-refractivity contribution >= 4 is 10.0 Å². The minimum atomic E-state index is -3.57. The van der Waals surface area contributed by atoms with E-state index in [4.69, 9.17) is 0 Å². The van der Waals surface area contributed by atoms with Crippen LogP contribution in [0, 0.1) is 0 Å². The van der Waals surface area contributed by atoms with Gasteiger partial charge in [0.1, 0.15) is 0 Å². The molecule has 1 aromatic heterocycles. The summed E-state index contributed by atoms with van der Waals surface area (Å²) in [6.45, 7) is 9.29. The molecule has 0 radical (unpaired) electrons. The molecule has 0 saturated carbocycles. The van der Waals surface area contributed by atoms with Gasteiger partial charge < -0.3 is 4.98 Å². The second kappa shape index (κ2) is 7.01. The van der Waals surface area contributed by atoms with Crippen molar-refractivity contribution in [1.29, 1.82) is 0 Å². The van der Waals surface area contributed by atoms with Gasteiger partial charge in [-0.25, -0.2) is 13.1 Å². The minimum absolute atomic E-state index is 0.0674. The number of H-pyrrole nitrogens is 1. The Labute approximate surface area is 120 Å². The summed E-state index contributed by atoms with van der Waals surface area (Å²) < 4.78 is 26.6. The van der Waals surface area contributed by atoms with Crippen molar-refractivity contribution in [2.75, 3.05) is 13.1 Å². The zero-order valence-electron chi connectivity index (χ0n) is 12.4. The van der Waals surface area contributed by atoms with E-state index in [0.717, 1.165) is 0 Å². The first-order chi connectivity index (χ1) is 9.24. The maximum Gasteiger partial charge on any atom is 0.247 e. The largest absolute Gasteiger partial charge is 0.328 e. The van der Waals surface area contributed by atoms with Gasteiger partial charge in [0.15, 0.2) is 0 Å². The number of pyridine rings is 1. The van der Waals surface area contributed by atoms with Crippen molar-refractivity contribution in [2.45, 2.75) is 44.7 Å². The Morgan fingerprint density at radius 2 is 1.80 bits per heavy atom. The van der Waals surface area contributed by atoms with Crippen LogP contribution >= 0.6 is 0 Å². The second-order valence-corrected chi connectivity index (χ2v) is 6.98. The molecule has 0 bridgehead atoms. The molecule has 0 amide bonds. The third-order valence-electron chi connectivity index (χ3n) is 3.05. The lowest BCUT2D eigenvalue weighted by Crippen LogP contribution is -2.42. The molecule has 0 aromatic carbocycles. The predicted octanol–water partition coefficient (Wildman–Crippen LogP) is 0.772. The van der Waals surface area contributed by atoms with Crippen LogP contribution in [0.25, 0.3) is 0 Å². The Hall–Kier alpha value is -1.18. The van der Waals surface area contributed by atoms with Crippen LogP contribution < -0.4 is 10.3 Å². The average molecular weight is 301 g/mol. The fourth-order valence-corrected chi connectivity index (χ4v) is 3.06. The number of hydrogen-bond acceptors (Lipinski definition) is 4. The molecule has 0 aliphatic rings. The van der Waals surface area contributed by atoms with Crippen LogP contribution in [0.4, 0.5) is 0 Å². The summed E-state index contributed by atoms with van der Waals surface area (Å²) >= 11 is 0. The Balaban J connectivity index is 2.64. The van der Waals surface area contributed by atoms with Gasteiger partial charge in [-0.3, -0.25) is 9.69 Å². The molecular weight excluding hydrogens is 278 g/mol. The maximum absolute atomic E-state index is 12.0. The van der Waals surface area contributed by atoms with Crippen LogP contribution in [0.2, 0.25) is 0 Å². The molecule has 1 heterocycles. The number of hydrogen-bond donors (Lipinski definition) is 2. The van der Waals surface area contributed by atoms with Gasteiger partial charge in [-0.1, -0.05) is 0 Å². The molecular formula is C13H23N3O3S. The fraction of sp³-hybridized carbons (Fsp3) is 0.615. The zero-order valence-corrected chi connectivity index (χ0v) is 13.2. The summed E-state index contributed by atoms with van der Waals surface area (Å²) in [5.41, 5.74) is -0.324. The van der Waals surface area contributed by atoms with E-state index in [9.17, 15) is 13.2 Å². The molecule has 1 aromatic rings. The summed E-state index contributed by atoms with van der Waals surface area (Å²) in [6.07, 6.45) is 1.20. The Bertz CT molecular complexity index is 550. The standard InChI is InChI=1S/C13H23N3O3S/c1-10(2)16(11(3)4)8-7-15-20(18,19)12-5-6-13(17)14-9-12/h5-6,9-11,15H,7-8H2,1-4H3,(H,14,17). The van der Waals surface area contributed by atoms with E-state index in [-0.39, 0.29) is 10.5 Å². The topological polar surface area (TPSA) is 82.3 Å². The predicted molar refractivity (Wildman–Crippen MR) is 79.2 cm³/mol. The minimum Gasteiger partial charge on any atom is -0.328 e. The Morgan fingerprint density at radius 3 is 2.25 bits per heavy atom. The van der Waals surface area contributed by atoms with Crippen LogP contribution in [-0.4, -0.2) is 43.5 Å². The molecule has 1 rings (SSSR count). The van der Waals surface area contributed by atoms with Crippen molar-refractivity contribution < 1.29 is 8.42 Å². The molecule has 20 heavy (non-hydrogen) atoms.